The Morgan fingerprint density at radius 3 is 2.54 bits per heavy atom. The lowest BCUT2D eigenvalue weighted by Crippen LogP contribution is -2.31. The lowest BCUT2D eigenvalue weighted by Gasteiger charge is -2.06. The van der Waals surface area contributed by atoms with E-state index in [1.165, 1.54) is 4.57 Å². The van der Waals surface area contributed by atoms with Gasteiger partial charge in [-0.05, 0) is 29.7 Å². The molecule has 5 nitrogen and oxygen atoms in total. The van der Waals surface area contributed by atoms with Crippen LogP contribution >= 0.6 is 0 Å². The van der Waals surface area contributed by atoms with Crippen molar-refractivity contribution in [3.8, 4) is 0 Å². The molecule has 3 aromatic rings. The van der Waals surface area contributed by atoms with Crippen molar-refractivity contribution in [2.75, 3.05) is 0 Å². The van der Waals surface area contributed by atoms with Crippen molar-refractivity contribution in [2.24, 2.45) is 0 Å². The quantitative estimate of drug-likeness (QED) is 0.803. The summed E-state index contributed by atoms with van der Waals surface area (Å²) in [5.41, 5.74) is 2.87. The first-order valence-electron chi connectivity index (χ1n) is 7.59. The van der Waals surface area contributed by atoms with Gasteiger partial charge in [-0.25, -0.2) is 4.79 Å². The van der Waals surface area contributed by atoms with E-state index in [2.05, 4.69) is 9.97 Å². The first kappa shape index (κ1) is 15.7. The number of aromatic nitrogens is 3. The van der Waals surface area contributed by atoms with Crippen molar-refractivity contribution in [3.63, 3.8) is 0 Å². The molecule has 0 atom stereocenters. The lowest BCUT2D eigenvalue weighted by molar-refractivity contribution is 0.713. The lowest BCUT2D eigenvalue weighted by atomic mass is 10.1. The molecule has 2 heterocycles. The standard InChI is InChI=1S/C19H17N3O2/c1-14-12-22(19(24)21-18(14)23)13-17-8-5-15(6-9-17)4-7-16-3-2-10-20-11-16/h2-12H,13H2,1H3,(H,21,23,24)/b7-4+. The van der Waals surface area contributed by atoms with Crippen molar-refractivity contribution >= 4 is 12.2 Å². The maximum Gasteiger partial charge on any atom is 0.328 e. The molecule has 0 bridgehead atoms. The van der Waals surface area contributed by atoms with E-state index in [1.807, 2.05) is 48.6 Å². The number of nitrogens with zero attached hydrogens (tertiary/aromatic N) is 2. The van der Waals surface area contributed by atoms with E-state index in [4.69, 9.17) is 0 Å². The van der Waals surface area contributed by atoms with E-state index in [0.29, 0.717) is 12.1 Å². The third kappa shape index (κ3) is 3.76. The Labute approximate surface area is 139 Å². The number of hydrogen-bond acceptors (Lipinski definition) is 3. The Morgan fingerprint density at radius 1 is 1.08 bits per heavy atom. The molecule has 0 aliphatic rings. The van der Waals surface area contributed by atoms with Crippen LogP contribution in [-0.4, -0.2) is 14.5 Å². The summed E-state index contributed by atoms with van der Waals surface area (Å²) in [5, 5.41) is 0. The van der Waals surface area contributed by atoms with Gasteiger partial charge in [0.1, 0.15) is 0 Å². The van der Waals surface area contributed by atoms with Crippen LogP contribution in [0.2, 0.25) is 0 Å². The molecular formula is C19H17N3O2. The second-order valence-corrected chi connectivity index (χ2v) is 5.56. The molecule has 120 valence electrons. The minimum Gasteiger partial charge on any atom is -0.296 e. The summed E-state index contributed by atoms with van der Waals surface area (Å²) in [6.45, 7) is 2.10. The molecule has 5 heteroatoms. The molecular weight excluding hydrogens is 302 g/mol. The van der Waals surface area contributed by atoms with Crippen molar-refractivity contribution in [3.05, 3.63) is 98.1 Å². The summed E-state index contributed by atoms with van der Waals surface area (Å²) in [4.78, 5) is 29.6. The normalized spacial score (nSPS) is 11.0. The van der Waals surface area contributed by atoms with E-state index < -0.39 is 5.69 Å². The maximum absolute atomic E-state index is 11.8. The Morgan fingerprint density at radius 2 is 1.83 bits per heavy atom. The Kier molecular flexibility index (Phi) is 4.52. The highest BCUT2D eigenvalue weighted by Crippen LogP contribution is 2.10. The first-order valence-corrected chi connectivity index (χ1v) is 7.59. The van der Waals surface area contributed by atoms with Gasteiger partial charge in [-0.3, -0.25) is 19.3 Å². The summed E-state index contributed by atoms with van der Waals surface area (Å²) in [7, 11) is 0. The SMILES string of the molecule is Cc1cn(Cc2ccc(/C=C/c3cccnc3)cc2)c(=O)[nH]c1=O. The van der Waals surface area contributed by atoms with E-state index in [1.54, 1.807) is 25.5 Å². The average molecular weight is 319 g/mol. The molecule has 0 radical (unpaired) electrons. The van der Waals surface area contributed by atoms with Crippen LogP contribution in [0.5, 0.6) is 0 Å². The third-order valence-corrected chi connectivity index (χ3v) is 3.67. The summed E-state index contributed by atoms with van der Waals surface area (Å²) in [6.07, 6.45) is 9.13. The zero-order chi connectivity index (χ0) is 16.9. The molecule has 1 aromatic carbocycles. The number of hydrogen-bond donors (Lipinski definition) is 1. The van der Waals surface area contributed by atoms with Crippen molar-refractivity contribution < 1.29 is 0 Å². The first-order chi connectivity index (χ1) is 11.6. The van der Waals surface area contributed by atoms with Gasteiger partial charge in [0.05, 0.1) is 6.54 Å². The molecule has 0 aliphatic carbocycles. The van der Waals surface area contributed by atoms with Gasteiger partial charge in [0, 0.05) is 24.2 Å². The zero-order valence-electron chi connectivity index (χ0n) is 13.3. The van der Waals surface area contributed by atoms with Crippen LogP contribution in [0.1, 0.15) is 22.3 Å². The van der Waals surface area contributed by atoms with Gasteiger partial charge in [-0.15, -0.1) is 0 Å². The third-order valence-electron chi connectivity index (χ3n) is 3.67. The zero-order valence-corrected chi connectivity index (χ0v) is 13.3. The summed E-state index contributed by atoms with van der Waals surface area (Å²) in [5.74, 6) is 0. The number of aromatic amines is 1. The van der Waals surface area contributed by atoms with Crippen molar-refractivity contribution in [1.82, 2.24) is 14.5 Å². The molecule has 0 aliphatic heterocycles. The second-order valence-electron chi connectivity index (χ2n) is 5.56. The number of H-pyrrole nitrogens is 1. The topological polar surface area (TPSA) is 67.8 Å². The highest BCUT2D eigenvalue weighted by Gasteiger charge is 2.02. The molecule has 1 N–H and O–H groups in total. The largest absolute Gasteiger partial charge is 0.328 e. The molecule has 3 rings (SSSR count). The molecule has 0 amide bonds. The summed E-state index contributed by atoms with van der Waals surface area (Å²) >= 11 is 0. The van der Waals surface area contributed by atoms with Crippen LogP contribution in [-0.2, 0) is 6.54 Å². The second kappa shape index (κ2) is 6.91. The van der Waals surface area contributed by atoms with Gasteiger partial charge in [-0.2, -0.15) is 0 Å². The van der Waals surface area contributed by atoms with Gasteiger partial charge in [-0.1, -0.05) is 42.5 Å². The summed E-state index contributed by atoms with van der Waals surface area (Å²) in [6, 6.07) is 11.8. The van der Waals surface area contributed by atoms with Crippen LogP contribution < -0.4 is 11.2 Å². The molecule has 0 spiro atoms. The minimum atomic E-state index is -0.397. The fraction of sp³-hybridized carbons (Fsp3) is 0.105. The fourth-order valence-electron chi connectivity index (χ4n) is 2.33. The molecule has 0 saturated carbocycles. The molecule has 24 heavy (non-hydrogen) atoms. The van der Waals surface area contributed by atoms with Crippen molar-refractivity contribution in [1.29, 1.82) is 0 Å². The monoisotopic (exact) mass is 319 g/mol. The predicted molar refractivity (Wildman–Crippen MR) is 94.8 cm³/mol. The Hall–Kier alpha value is -3.21. The number of benzene rings is 1. The van der Waals surface area contributed by atoms with Crippen molar-refractivity contribution in [2.45, 2.75) is 13.5 Å². The smallest absolute Gasteiger partial charge is 0.296 e. The van der Waals surface area contributed by atoms with Gasteiger partial charge in [0.25, 0.3) is 5.56 Å². The minimum absolute atomic E-state index is 0.341. The predicted octanol–water partition coefficient (Wildman–Crippen LogP) is 2.46. The molecule has 0 unspecified atom stereocenters. The van der Waals surface area contributed by atoms with E-state index in [9.17, 15) is 9.59 Å². The fourth-order valence-corrected chi connectivity index (χ4v) is 2.33. The number of rotatable bonds is 4. The van der Waals surface area contributed by atoms with Crippen LogP contribution in [0.15, 0.2) is 64.6 Å². The maximum atomic E-state index is 11.8. The molecule has 0 saturated heterocycles. The highest BCUT2D eigenvalue weighted by atomic mass is 16.2. The highest BCUT2D eigenvalue weighted by molar-refractivity contribution is 5.69. The number of pyridine rings is 1. The van der Waals surface area contributed by atoms with Gasteiger partial charge in [0.2, 0.25) is 0 Å². The van der Waals surface area contributed by atoms with Crippen LogP contribution in [0.25, 0.3) is 12.2 Å². The number of nitrogens with one attached hydrogen (secondary N) is 1. The Bertz CT molecular complexity index is 968. The van der Waals surface area contributed by atoms with Crippen LogP contribution in [0.3, 0.4) is 0 Å². The summed E-state index contributed by atoms with van der Waals surface area (Å²) < 4.78 is 1.50. The van der Waals surface area contributed by atoms with E-state index in [0.717, 1.165) is 16.7 Å². The van der Waals surface area contributed by atoms with Crippen LogP contribution in [0, 0.1) is 6.92 Å². The Balaban J connectivity index is 1.76. The van der Waals surface area contributed by atoms with Gasteiger partial charge >= 0.3 is 5.69 Å². The van der Waals surface area contributed by atoms with Gasteiger partial charge < -0.3 is 0 Å². The van der Waals surface area contributed by atoms with Crippen LogP contribution in [0.4, 0.5) is 0 Å². The average Bonchev–Trinajstić information content (AvgIpc) is 2.60. The van der Waals surface area contributed by atoms with Gasteiger partial charge in [0.15, 0.2) is 0 Å². The molecule has 0 fully saturated rings. The van der Waals surface area contributed by atoms with E-state index in [-0.39, 0.29) is 5.56 Å². The number of aryl methyl sites for hydroxylation is 1. The van der Waals surface area contributed by atoms with E-state index >= 15 is 0 Å². The molecule has 2 aromatic heterocycles.